The highest BCUT2D eigenvalue weighted by atomic mass is 79.9. The Morgan fingerprint density at radius 1 is 1.04 bits per heavy atom. The van der Waals surface area contributed by atoms with Crippen LogP contribution in [0.4, 0.5) is 0 Å². The molecule has 3 rings (SSSR count). The number of carbonyl (C=O) groups excluding carboxylic acids is 1. The number of nitrogens with one attached hydrogen (secondary N) is 2. The molecule has 1 aliphatic heterocycles. The van der Waals surface area contributed by atoms with E-state index in [1.807, 2.05) is 19.1 Å². The van der Waals surface area contributed by atoms with Gasteiger partial charge in [0.25, 0.3) is 0 Å². The fourth-order valence-electron chi connectivity index (χ4n) is 4.11. The summed E-state index contributed by atoms with van der Waals surface area (Å²) in [7, 11) is 0. The Balaban J connectivity index is 1.81. The van der Waals surface area contributed by atoms with Crippen LogP contribution in [0.1, 0.15) is 43.9 Å². The van der Waals surface area contributed by atoms with Crippen molar-refractivity contribution < 1.29 is 4.79 Å². The van der Waals surface area contributed by atoms with Gasteiger partial charge in [0.2, 0.25) is 5.91 Å². The van der Waals surface area contributed by atoms with Crippen molar-refractivity contribution in [3.63, 3.8) is 0 Å². The van der Waals surface area contributed by atoms with Crippen molar-refractivity contribution in [1.82, 2.24) is 10.6 Å². The van der Waals surface area contributed by atoms with E-state index in [0.29, 0.717) is 0 Å². The fourth-order valence-corrected chi connectivity index (χ4v) is 5.44. The van der Waals surface area contributed by atoms with Crippen molar-refractivity contribution in [3.05, 3.63) is 68.6 Å². The van der Waals surface area contributed by atoms with Crippen LogP contribution in [-0.2, 0) is 10.2 Å². The molecule has 0 aliphatic carbocycles. The van der Waals surface area contributed by atoms with Gasteiger partial charge in [-0.25, -0.2) is 0 Å². The van der Waals surface area contributed by atoms with Crippen LogP contribution in [0, 0.1) is 5.92 Å². The molecule has 5 heteroatoms. The molecule has 2 unspecified atom stereocenters. The number of halogens is 2. The van der Waals surface area contributed by atoms with E-state index in [-0.39, 0.29) is 23.3 Å². The van der Waals surface area contributed by atoms with Crippen LogP contribution in [0.25, 0.3) is 0 Å². The number of amides is 1. The van der Waals surface area contributed by atoms with E-state index in [4.69, 9.17) is 0 Å². The first kappa shape index (κ1) is 20.6. The van der Waals surface area contributed by atoms with E-state index < -0.39 is 0 Å². The molecular weight excluding hydrogens is 468 g/mol. The van der Waals surface area contributed by atoms with E-state index in [1.165, 1.54) is 5.56 Å². The molecule has 2 aromatic carbocycles. The highest BCUT2D eigenvalue weighted by molar-refractivity contribution is 9.11. The summed E-state index contributed by atoms with van der Waals surface area (Å²) >= 11 is 7.06. The number of piperidine rings is 1. The van der Waals surface area contributed by atoms with Crippen molar-refractivity contribution in [2.24, 2.45) is 5.92 Å². The molecule has 144 valence electrons. The Bertz CT molecular complexity index is 768. The van der Waals surface area contributed by atoms with Gasteiger partial charge in [-0.05, 0) is 62.2 Å². The van der Waals surface area contributed by atoms with E-state index in [1.54, 1.807) is 0 Å². The molecule has 0 spiro atoms. The van der Waals surface area contributed by atoms with E-state index in [0.717, 1.165) is 40.4 Å². The Hall–Kier alpha value is -1.17. The number of hydrogen-bond acceptors (Lipinski definition) is 2. The van der Waals surface area contributed by atoms with Gasteiger partial charge in [-0.3, -0.25) is 4.79 Å². The third-order valence-electron chi connectivity index (χ3n) is 5.81. The molecule has 2 atom stereocenters. The van der Waals surface area contributed by atoms with Crippen LogP contribution in [0.3, 0.4) is 0 Å². The van der Waals surface area contributed by atoms with Crippen LogP contribution >= 0.6 is 31.9 Å². The second-order valence-electron chi connectivity index (χ2n) is 7.43. The predicted molar refractivity (Wildman–Crippen MR) is 118 cm³/mol. The molecule has 1 fully saturated rings. The first-order valence-electron chi connectivity index (χ1n) is 9.45. The summed E-state index contributed by atoms with van der Waals surface area (Å²) < 4.78 is 2.00. The molecule has 0 saturated carbocycles. The second-order valence-corrected chi connectivity index (χ2v) is 9.26. The maximum Gasteiger partial charge on any atom is 0.224 e. The van der Waals surface area contributed by atoms with Crippen LogP contribution in [0.5, 0.6) is 0 Å². The fraction of sp³-hybridized carbons (Fsp3) is 0.409. The lowest BCUT2D eigenvalue weighted by Gasteiger charge is -2.42. The number of hydrogen-bond donors (Lipinski definition) is 2. The molecule has 2 aromatic rings. The number of benzene rings is 2. The summed E-state index contributed by atoms with van der Waals surface area (Å²) in [6.07, 6.45) is 1.95. The quantitative estimate of drug-likeness (QED) is 0.589. The number of carbonyl (C=O) groups is 1. The lowest BCUT2D eigenvalue weighted by atomic mass is 9.65. The highest BCUT2D eigenvalue weighted by Crippen LogP contribution is 2.41. The van der Waals surface area contributed by atoms with Crippen molar-refractivity contribution in [1.29, 1.82) is 0 Å². The molecule has 3 nitrogen and oxygen atoms in total. The topological polar surface area (TPSA) is 41.1 Å². The molecule has 1 aliphatic rings. The van der Waals surface area contributed by atoms with Gasteiger partial charge in [0, 0.05) is 20.3 Å². The normalized spacial score (nSPS) is 18.5. The van der Waals surface area contributed by atoms with Gasteiger partial charge in [-0.2, -0.15) is 0 Å². The van der Waals surface area contributed by atoms with Gasteiger partial charge in [-0.1, -0.05) is 69.1 Å². The van der Waals surface area contributed by atoms with Gasteiger partial charge < -0.3 is 10.6 Å². The highest BCUT2D eigenvalue weighted by Gasteiger charge is 2.42. The summed E-state index contributed by atoms with van der Waals surface area (Å²) in [6.45, 7) is 6.01. The first-order chi connectivity index (χ1) is 12.9. The SMILES string of the molecule is CC(NC(=O)C(C)C1(c2ccccc2)CCNCC1)c1cc(Br)cc(Br)c1. The summed E-state index contributed by atoms with van der Waals surface area (Å²) in [6, 6.07) is 16.6. The molecule has 0 radical (unpaired) electrons. The summed E-state index contributed by atoms with van der Waals surface area (Å²) in [4.78, 5) is 13.2. The van der Waals surface area contributed by atoms with Crippen LogP contribution in [-0.4, -0.2) is 19.0 Å². The van der Waals surface area contributed by atoms with Crippen molar-refractivity contribution in [2.75, 3.05) is 13.1 Å². The third kappa shape index (κ3) is 4.64. The molecule has 0 aromatic heterocycles. The van der Waals surface area contributed by atoms with Gasteiger partial charge in [0.15, 0.2) is 0 Å². The smallest absolute Gasteiger partial charge is 0.224 e. The van der Waals surface area contributed by atoms with Gasteiger partial charge in [0.05, 0.1) is 6.04 Å². The Labute approximate surface area is 178 Å². The average Bonchev–Trinajstić information content (AvgIpc) is 2.67. The zero-order valence-corrected chi connectivity index (χ0v) is 18.9. The van der Waals surface area contributed by atoms with Gasteiger partial charge in [-0.15, -0.1) is 0 Å². The van der Waals surface area contributed by atoms with Gasteiger partial charge in [0.1, 0.15) is 0 Å². The monoisotopic (exact) mass is 492 g/mol. The van der Waals surface area contributed by atoms with Crippen molar-refractivity contribution in [2.45, 2.75) is 38.1 Å². The molecular formula is C22H26Br2N2O. The summed E-state index contributed by atoms with van der Waals surface area (Å²) in [5, 5.41) is 6.68. The molecule has 1 saturated heterocycles. The molecule has 1 heterocycles. The van der Waals surface area contributed by atoms with Crippen LogP contribution in [0.2, 0.25) is 0 Å². The largest absolute Gasteiger partial charge is 0.349 e. The lowest BCUT2D eigenvalue weighted by molar-refractivity contribution is -0.127. The van der Waals surface area contributed by atoms with Crippen LogP contribution in [0.15, 0.2) is 57.5 Å². The molecule has 27 heavy (non-hydrogen) atoms. The maximum atomic E-state index is 13.2. The van der Waals surface area contributed by atoms with E-state index in [2.05, 4.69) is 85.8 Å². The molecule has 2 N–H and O–H groups in total. The molecule has 1 amide bonds. The Morgan fingerprint density at radius 2 is 1.63 bits per heavy atom. The van der Waals surface area contributed by atoms with Crippen molar-refractivity contribution in [3.8, 4) is 0 Å². The van der Waals surface area contributed by atoms with Crippen molar-refractivity contribution >= 4 is 37.8 Å². The number of rotatable bonds is 5. The maximum absolute atomic E-state index is 13.2. The summed E-state index contributed by atoms with van der Waals surface area (Å²) in [5.74, 6) is 0.0180. The standard InChI is InChI=1S/C22H26Br2N2O/c1-15(21(27)26-16(2)17-12-19(23)14-20(24)13-17)22(8-10-25-11-9-22)18-6-4-3-5-7-18/h3-7,12-16,25H,8-11H2,1-2H3,(H,26,27). The van der Waals surface area contributed by atoms with Gasteiger partial charge >= 0.3 is 0 Å². The average molecular weight is 494 g/mol. The Kier molecular flexibility index (Phi) is 6.77. The second kappa shape index (κ2) is 8.89. The third-order valence-corrected chi connectivity index (χ3v) is 6.73. The Morgan fingerprint density at radius 3 is 2.22 bits per heavy atom. The zero-order chi connectivity index (χ0) is 19.4. The van der Waals surface area contributed by atoms with E-state index >= 15 is 0 Å². The zero-order valence-electron chi connectivity index (χ0n) is 15.8. The van der Waals surface area contributed by atoms with Crippen LogP contribution < -0.4 is 10.6 Å². The minimum atomic E-state index is -0.117. The summed E-state index contributed by atoms with van der Waals surface area (Å²) in [5.41, 5.74) is 2.23. The lowest BCUT2D eigenvalue weighted by Crippen LogP contribution is -2.49. The van der Waals surface area contributed by atoms with E-state index in [9.17, 15) is 4.79 Å². The first-order valence-corrected chi connectivity index (χ1v) is 11.0. The minimum Gasteiger partial charge on any atom is -0.349 e. The minimum absolute atomic E-state index is 0.0525. The molecule has 0 bridgehead atoms. The predicted octanol–water partition coefficient (Wildman–Crippen LogP) is 5.35.